The minimum absolute atomic E-state index is 0.376. The lowest BCUT2D eigenvalue weighted by atomic mass is 10.2. The number of hydrogen-bond donors (Lipinski definition) is 0. The molecule has 7 heteroatoms. The van der Waals surface area contributed by atoms with Crippen LogP contribution in [0.25, 0.3) is 20.8 Å². The van der Waals surface area contributed by atoms with Gasteiger partial charge in [0.1, 0.15) is 5.01 Å². The first kappa shape index (κ1) is 18.8. The van der Waals surface area contributed by atoms with Crippen LogP contribution in [-0.4, -0.2) is 27.8 Å². The number of hydrogen-bond acceptors (Lipinski definition) is 5. The molecule has 0 saturated carbocycles. The van der Waals surface area contributed by atoms with Gasteiger partial charge in [-0.25, -0.2) is 4.98 Å². The molecule has 1 aromatic heterocycles. The molecule has 2 aromatic carbocycles. The van der Waals surface area contributed by atoms with Crippen molar-refractivity contribution in [1.29, 1.82) is 0 Å². The molecule has 1 atom stereocenters. The Hall–Kier alpha value is -1.59. The Morgan fingerprint density at radius 3 is 2.67 bits per heavy atom. The van der Waals surface area contributed by atoms with Crippen molar-refractivity contribution in [2.24, 2.45) is 0 Å². The third kappa shape index (κ3) is 3.85. The third-order valence-corrected chi connectivity index (χ3v) is 8.87. The highest BCUT2D eigenvalue weighted by atomic mass is 32.1. The van der Waals surface area contributed by atoms with Crippen LogP contribution in [-0.2, 0) is 15.3 Å². The summed E-state index contributed by atoms with van der Waals surface area (Å²) in [4.78, 5) is 5.47. The molecule has 140 valence electrons. The summed E-state index contributed by atoms with van der Waals surface area (Å²) < 4.78 is 22.2. The van der Waals surface area contributed by atoms with Crippen LogP contribution in [0.4, 0.5) is 0 Å². The van der Waals surface area contributed by atoms with E-state index in [-0.39, 0.29) is 0 Å². The summed E-state index contributed by atoms with van der Waals surface area (Å²) in [5.74, 6) is 0. The molecule has 0 spiro atoms. The van der Waals surface area contributed by atoms with Crippen molar-refractivity contribution in [3.63, 3.8) is 0 Å². The Morgan fingerprint density at radius 1 is 1.22 bits per heavy atom. The Bertz CT molecular complexity index is 983. The van der Waals surface area contributed by atoms with Gasteiger partial charge in [0.05, 0.1) is 28.0 Å². The number of thiazole rings is 1. The van der Waals surface area contributed by atoms with E-state index in [0.29, 0.717) is 12.8 Å². The van der Waals surface area contributed by atoms with E-state index in [1.165, 1.54) is 4.70 Å². The highest BCUT2D eigenvalue weighted by Gasteiger charge is 2.36. The second kappa shape index (κ2) is 7.80. The predicted octanol–water partition coefficient (Wildman–Crippen LogP) is 6.12. The molecular weight excluding hydrogens is 395 g/mol. The molecular formula is C20H21N2O2PS2. The zero-order valence-electron chi connectivity index (χ0n) is 15.1. The summed E-state index contributed by atoms with van der Waals surface area (Å²) in [5.41, 5.74) is 3.08. The fourth-order valence-electron chi connectivity index (χ4n) is 3.34. The lowest BCUT2D eigenvalue weighted by Gasteiger charge is -2.28. The minimum Gasteiger partial charge on any atom is -0.313 e. The summed E-state index contributed by atoms with van der Waals surface area (Å²) in [6.45, 7) is 3.02. The molecule has 1 aliphatic heterocycles. The van der Waals surface area contributed by atoms with E-state index < -0.39 is 7.52 Å². The number of rotatable bonds is 6. The van der Waals surface area contributed by atoms with Gasteiger partial charge in [-0.05, 0) is 31.0 Å². The molecule has 3 aromatic rings. The first-order valence-corrected chi connectivity index (χ1v) is 12.1. The molecule has 0 amide bonds. The molecule has 0 aliphatic carbocycles. The summed E-state index contributed by atoms with van der Waals surface area (Å²) in [5, 5.41) is 0.997. The number of aromatic nitrogens is 1. The third-order valence-electron chi connectivity index (χ3n) is 4.62. The van der Waals surface area contributed by atoms with Crippen LogP contribution < -0.4 is 0 Å². The van der Waals surface area contributed by atoms with Crippen LogP contribution in [0, 0.1) is 0 Å². The maximum Gasteiger partial charge on any atom is 0.301 e. The van der Waals surface area contributed by atoms with E-state index in [4.69, 9.17) is 21.7 Å². The summed E-state index contributed by atoms with van der Waals surface area (Å²) in [6.07, 6.45) is 2.15. The van der Waals surface area contributed by atoms with E-state index in [1.54, 1.807) is 11.3 Å². The van der Waals surface area contributed by atoms with Gasteiger partial charge >= 0.3 is 7.52 Å². The second-order valence-corrected chi connectivity index (χ2v) is 10.4. The van der Waals surface area contributed by atoms with Gasteiger partial charge in [-0.1, -0.05) is 48.6 Å². The standard InChI is InChI=1S/C20H21N2O2PS2/c1-2-24-25(23,22-13-5-8-19(22)26)14-15-9-11-16(12-10-15)20-21-17-6-3-4-7-18(17)27-20/h3-4,6-7,9-12H,2,5,8,13-14H2,1H3. The number of nitrogens with zero attached hydrogens (tertiary/aromatic N) is 2. The van der Waals surface area contributed by atoms with E-state index in [9.17, 15) is 4.57 Å². The molecule has 1 fully saturated rings. The molecule has 4 nitrogen and oxygen atoms in total. The van der Waals surface area contributed by atoms with Crippen molar-refractivity contribution < 1.29 is 9.09 Å². The maximum atomic E-state index is 13.5. The highest BCUT2D eigenvalue weighted by molar-refractivity contribution is 7.81. The molecule has 0 bridgehead atoms. The predicted molar refractivity (Wildman–Crippen MR) is 117 cm³/mol. The fourth-order valence-corrected chi connectivity index (χ4v) is 7.28. The smallest absolute Gasteiger partial charge is 0.301 e. The van der Waals surface area contributed by atoms with Crippen molar-refractivity contribution in [3.8, 4) is 10.6 Å². The molecule has 1 aliphatic rings. The lowest BCUT2D eigenvalue weighted by Crippen LogP contribution is -2.22. The Balaban J connectivity index is 1.57. The van der Waals surface area contributed by atoms with Gasteiger partial charge in [-0.3, -0.25) is 9.24 Å². The minimum atomic E-state index is -2.98. The lowest BCUT2D eigenvalue weighted by molar-refractivity contribution is 0.303. The van der Waals surface area contributed by atoms with Crippen LogP contribution in [0.1, 0.15) is 25.3 Å². The van der Waals surface area contributed by atoms with Crippen LogP contribution in [0.5, 0.6) is 0 Å². The second-order valence-electron chi connectivity index (χ2n) is 6.52. The Labute approximate surface area is 168 Å². The average molecular weight is 417 g/mol. The number of thiocarbonyl (C=S) groups is 1. The zero-order valence-corrected chi connectivity index (χ0v) is 17.7. The molecule has 4 rings (SSSR count). The molecule has 1 saturated heterocycles. The molecule has 27 heavy (non-hydrogen) atoms. The summed E-state index contributed by atoms with van der Waals surface area (Å²) in [7, 11) is -2.98. The van der Waals surface area contributed by atoms with Crippen LogP contribution in [0.2, 0.25) is 0 Å². The maximum absolute atomic E-state index is 13.5. The Kier molecular flexibility index (Phi) is 5.42. The van der Waals surface area contributed by atoms with E-state index in [2.05, 4.69) is 6.07 Å². The molecule has 0 radical (unpaired) electrons. The normalized spacial score (nSPS) is 16.8. The van der Waals surface area contributed by atoms with Gasteiger partial charge < -0.3 is 4.52 Å². The SMILES string of the molecule is CCOP(=O)(Cc1ccc(-c2nc3ccccc3s2)cc1)N1CCCC1=S. The van der Waals surface area contributed by atoms with E-state index >= 15 is 0 Å². The van der Waals surface area contributed by atoms with Gasteiger partial charge in [0.25, 0.3) is 0 Å². The first-order chi connectivity index (χ1) is 13.1. The van der Waals surface area contributed by atoms with E-state index in [1.807, 2.05) is 54.1 Å². The van der Waals surface area contributed by atoms with Gasteiger partial charge in [0.2, 0.25) is 0 Å². The largest absolute Gasteiger partial charge is 0.313 e. The van der Waals surface area contributed by atoms with Gasteiger partial charge in [-0.15, -0.1) is 11.3 Å². The van der Waals surface area contributed by atoms with Gasteiger partial charge in [0.15, 0.2) is 0 Å². The van der Waals surface area contributed by atoms with Crippen molar-refractivity contribution in [2.45, 2.75) is 25.9 Å². The van der Waals surface area contributed by atoms with E-state index in [0.717, 1.165) is 46.0 Å². The average Bonchev–Trinajstić information content (AvgIpc) is 3.29. The zero-order chi connectivity index (χ0) is 18.9. The van der Waals surface area contributed by atoms with Gasteiger partial charge in [-0.2, -0.15) is 0 Å². The monoisotopic (exact) mass is 416 g/mol. The number of para-hydroxylation sites is 1. The van der Waals surface area contributed by atoms with Crippen LogP contribution in [0.15, 0.2) is 48.5 Å². The van der Waals surface area contributed by atoms with Gasteiger partial charge in [0, 0.05) is 18.5 Å². The highest BCUT2D eigenvalue weighted by Crippen LogP contribution is 2.55. The first-order valence-electron chi connectivity index (χ1n) is 9.08. The van der Waals surface area contributed by atoms with Crippen LogP contribution in [0.3, 0.4) is 0 Å². The van der Waals surface area contributed by atoms with Crippen molar-refractivity contribution in [3.05, 3.63) is 54.1 Å². The number of benzene rings is 2. The quantitative estimate of drug-likeness (QED) is 0.358. The van der Waals surface area contributed by atoms with Crippen molar-refractivity contribution >= 4 is 46.3 Å². The summed E-state index contributed by atoms with van der Waals surface area (Å²) in [6, 6.07) is 16.3. The fraction of sp³-hybridized carbons (Fsp3) is 0.300. The van der Waals surface area contributed by atoms with Crippen molar-refractivity contribution in [2.75, 3.05) is 13.2 Å². The van der Waals surface area contributed by atoms with Crippen LogP contribution >= 0.6 is 31.1 Å². The number of fused-ring (bicyclic) bond motifs is 1. The Morgan fingerprint density at radius 2 is 2.00 bits per heavy atom. The van der Waals surface area contributed by atoms with Crippen molar-refractivity contribution in [1.82, 2.24) is 9.65 Å². The molecule has 0 N–H and O–H groups in total. The summed E-state index contributed by atoms with van der Waals surface area (Å²) >= 11 is 7.08. The molecule has 2 heterocycles. The topological polar surface area (TPSA) is 42.4 Å². The molecule has 1 unspecified atom stereocenters.